The van der Waals surface area contributed by atoms with Crippen molar-refractivity contribution in [2.45, 2.75) is 26.3 Å². The summed E-state index contributed by atoms with van der Waals surface area (Å²) in [6.07, 6.45) is 0. The Hall–Kier alpha value is -1.16. The van der Waals surface area contributed by atoms with Gasteiger partial charge in [0.15, 0.2) is 0 Å². The first-order chi connectivity index (χ1) is 8.89. The van der Waals surface area contributed by atoms with Crippen molar-refractivity contribution >= 4 is 5.91 Å². The van der Waals surface area contributed by atoms with E-state index in [9.17, 15) is 4.79 Å². The van der Waals surface area contributed by atoms with Gasteiger partial charge >= 0.3 is 0 Å². The molecule has 0 aromatic carbocycles. The number of hydrogen-bond donors (Lipinski definition) is 2. The predicted octanol–water partition coefficient (Wildman–Crippen LogP) is -0.0184. The second-order valence-corrected chi connectivity index (χ2v) is 5.01. The third-order valence-electron chi connectivity index (χ3n) is 3.18. The number of nitrogens with zero attached hydrogens (tertiary/aromatic N) is 2. The van der Waals surface area contributed by atoms with E-state index in [1.165, 1.54) is 0 Å². The Kier molecular flexibility index (Phi) is 8.32. The molecule has 1 amide bonds. The van der Waals surface area contributed by atoms with Crippen LogP contribution in [0.5, 0.6) is 0 Å². The molecule has 2 N–H and O–H groups in total. The van der Waals surface area contributed by atoms with Crippen molar-refractivity contribution in [1.82, 2.24) is 10.2 Å². The second kappa shape index (κ2) is 8.86. The summed E-state index contributed by atoms with van der Waals surface area (Å²) < 4.78 is 4.95. The lowest BCUT2D eigenvalue weighted by Gasteiger charge is -2.29. The summed E-state index contributed by atoms with van der Waals surface area (Å²) >= 11 is 0. The van der Waals surface area contributed by atoms with E-state index in [1.54, 1.807) is 18.9 Å². The first-order valence-electron chi connectivity index (χ1n) is 6.44. The number of carbonyl (C=O) groups is 1. The fraction of sp³-hybridized carbons (Fsp3) is 0.846. The molecular weight excluding hydrogens is 246 g/mol. The Morgan fingerprint density at radius 1 is 1.53 bits per heavy atom. The topological polar surface area (TPSA) is 85.6 Å². The van der Waals surface area contributed by atoms with E-state index in [1.807, 2.05) is 13.8 Å². The Morgan fingerprint density at radius 3 is 2.58 bits per heavy atom. The Labute approximate surface area is 115 Å². The molecule has 0 fully saturated rings. The van der Waals surface area contributed by atoms with Crippen molar-refractivity contribution in [3.05, 3.63) is 0 Å². The molecule has 0 bridgehead atoms. The van der Waals surface area contributed by atoms with Crippen molar-refractivity contribution in [3.8, 4) is 6.07 Å². The largest absolute Gasteiger partial charge is 0.395 e. The molecule has 0 aromatic rings. The number of nitrogens with one attached hydrogen (secondary N) is 1. The Balaban J connectivity index is 4.44. The van der Waals surface area contributed by atoms with Gasteiger partial charge in [0.1, 0.15) is 5.54 Å². The van der Waals surface area contributed by atoms with Crippen LogP contribution < -0.4 is 5.32 Å². The van der Waals surface area contributed by atoms with Crippen LogP contribution in [0.1, 0.15) is 20.8 Å². The van der Waals surface area contributed by atoms with Crippen LogP contribution in [0.25, 0.3) is 0 Å². The Bertz CT molecular complexity index is 315. The van der Waals surface area contributed by atoms with E-state index in [0.717, 1.165) is 0 Å². The summed E-state index contributed by atoms with van der Waals surface area (Å²) in [6, 6.07) is 2.13. The van der Waals surface area contributed by atoms with Crippen molar-refractivity contribution < 1.29 is 14.6 Å². The number of aliphatic hydroxyl groups excluding tert-OH is 1. The van der Waals surface area contributed by atoms with E-state index in [4.69, 9.17) is 15.1 Å². The number of amides is 1. The number of hydrogen-bond acceptors (Lipinski definition) is 5. The average Bonchev–Trinajstić information content (AvgIpc) is 2.35. The van der Waals surface area contributed by atoms with Crippen molar-refractivity contribution in [1.29, 1.82) is 5.26 Å². The summed E-state index contributed by atoms with van der Waals surface area (Å²) in [5.74, 6) is -0.200. The fourth-order valence-corrected chi connectivity index (χ4v) is 1.47. The van der Waals surface area contributed by atoms with Gasteiger partial charge in [-0.2, -0.15) is 5.26 Å². The molecule has 6 nitrogen and oxygen atoms in total. The highest BCUT2D eigenvalue weighted by Gasteiger charge is 2.30. The van der Waals surface area contributed by atoms with Gasteiger partial charge < -0.3 is 15.2 Å². The van der Waals surface area contributed by atoms with E-state index in [-0.39, 0.29) is 25.0 Å². The van der Waals surface area contributed by atoms with Gasteiger partial charge in [-0.15, -0.1) is 0 Å². The molecule has 0 aliphatic carbocycles. The van der Waals surface area contributed by atoms with Gasteiger partial charge in [0.25, 0.3) is 0 Å². The van der Waals surface area contributed by atoms with Crippen LogP contribution in [-0.4, -0.2) is 61.4 Å². The van der Waals surface area contributed by atoms with E-state index in [2.05, 4.69) is 11.4 Å². The molecule has 6 heteroatoms. The maximum Gasteiger partial charge on any atom is 0.235 e. The molecule has 0 saturated heterocycles. The minimum Gasteiger partial charge on any atom is -0.395 e. The van der Waals surface area contributed by atoms with Crippen LogP contribution >= 0.6 is 0 Å². The average molecular weight is 271 g/mol. The Morgan fingerprint density at radius 2 is 2.16 bits per heavy atom. The van der Waals surface area contributed by atoms with Crippen LogP contribution in [0.15, 0.2) is 0 Å². The zero-order chi connectivity index (χ0) is 14.9. The van der Waals surface area contributed by atoms with E-state index >= 15 is 0 Å². The molecule has 0 rings (SSSR count). The van der Waals surface area contributed by atoms with E-state index < -0.39 is 5.54 Å². The van der Waals surface area contributed by atoms with Crippen LogP contribution in [-0.2, 0) is 9.53 Å². The van der Waals surface area contributed by atoms with E-state index in [0.29, 0.717) is 19.7 Å². The molecule has 0 saturated carbocycles. The third-order valence-corrected chi connectivity index (χ3v) is 3.18. The first-order valence-corrected chi connectivity index (χ1v) is 6.44. The number of rotatable bonds is 9. The SMILES string of the molecule is COCCN(CCO)CC(=O)NC(C)(C#N)C(C)C. The summed E-state index contributed by atoms with van der Waals surface area (Å²) in [6.45, 7) is 7.08. The van der Waals surface area contributed by atoms with Gasteiger partial charge in [-0.1, -0.05) is 13.8 Å². The number of methoxy groups -OCH3 is 1. The number of nitriles is 1. The molecule has 0 aliphatic rings. The standard InChI is InChI=1S/C13H25N3O3/c1-11(2)13(3,10-14)15-12(18)9-16(5-7-17)6-8-19-4/h11,17H,5-9H2,1-4H3,(H,15,18). The van der Waals surface area contributed by atoms with Crippen LogP contribution in [0.2, 0.25) is 0 Å². The molecule has 19 heavy (non-hydrogen) atoms. The van der Waals surface area contributed by atoms with Crippen LogP contribution in [0.3, 0.4) is 0 Å². The summed E-state index contributed by atoms with van der Waals surface area (Å²) in [7, 11) is 1.59. The normalized spacial score (nSPS) is 14.2. The monoisotopic (exact) mass is 271 g/mol. The molecule has 0 spiro atoms. The maximum atomic E-state index is 11.9. The number of aliphatic hydroxyl groups is 1. The molecule has 0 heterocycles. The van der Waals surface area contributed by atoms with Gasteiger partial charge in [0.2, 0.25) is 5.91 Å². The summed E-state index contributed by atoms with van der Waals surface area (Å²) in [5.41, 5.74) is -0.872. The molecule has 0 radical (unpaired) electrons. The van der Waals surface area contributed by atoms with Crippen molar-refractivity contribution in [2.75, 3.05) is 40.0 Å². The summed E-state index contributed by atoms with van der Waals surface area (Å²) in [4.78, 5) is 13.7. The lowest BCUT2D eigenvalue weighted by molar-refractivity contribution is -0.124. The highest BCUT2D eigenvalue weighted by molar-refractivity contribution is 5.79. The van der Waals surface area contributed by atoms with Crippen molar-refractivity contribution in [2.24, 2.45) is 5.92 Å². The molecule has 1 unspecified atom stereocenters. The smallest absolute Gasteiger partial charge is 0.235 e. The van der Waals surface area contributed by atoms with Gasteiger partial charge in [-0.3, -0.25) is 9.69 Å². The highest BCUT2D eigenvalue weighted by atomic mass is 16.5. The molecule has 110 valence electrons. The highest BCUT2D eigenvalue weighted by Crippen LogP contribution is 2.14. The van der Waals surface area contributed by atoms with Crippen LogP contribution in [0.4, 0.5) is 0 Å². The van der Waals surface area contributed by atoms with Gasteiger partial charge in [-0.05, 0) is 12.8 Å². The minimum absolute atomic E-state index is 0.0172. The molecule has 0 aromatic heterocycles. The van der Waals surface area contributed by atoms with Crippen LogP contribution in [0, 0.1) is 17.2 Å². The zero-order valence-electron chi connectivity index (χ0n) is 12.3. The maximum absolute atomic E-state index is 11.9. The lowest BCUT2D eigenvalue weighted by atomic mass is 9.90. The number of ether oxygens (including phenoxy) is 1. The summed E-state index contributed by atoms with van der Waals surface area (Å²) in [5, 5.41) is 20.8. The van der Waals surface area contributed by atoms with Gasteiger partial charge in [-0.25, -0.2) is 0 Å². The third kappa shape index (κ3) is 6.53. The quantitative estimate of drug-likeness (QED) is 0.615. The molecule has 0 aliphatic heterocycles. The zero-order valence-corrected chi connectivity index (χ0v) is 12.3. The van der Waals surface area contributed by atoms with Gasteiger partial charge in [0.05, 0.1) is 25.8 Å². The fourth-order valence-electron chi connectivity index (χ4n) is 1.47. The minimum atomic E-state index is -0.872. The second-order valence-electron chi connectivity index (χ2n) is 5.01. The van der Waals surface area contributed by atoms with Gasteiger partial charge in [0, 0.05) is 20.2 Å². The van der Waals surface area contributed by atoms with Crippen molar-refractivity contribution in [3.63, 3.8) is 0 Å². The molecule has 1 atom stereocenters. The number of carbonyl (C=O) groups excluding carboxylic acids is 1. The lowest BCUT2D eigenvalue weighted by Crippen LogP contribution is -2.52. The first kappa shape index (κ1) is 17.8. The molecular formula is C13H25N3O3. The predicted molar refractivity (Wildman–Crippen MR) is 72.4 cm³/mol.